The van der Waals surface area contributed by atoms with Gasteiger partial charge >= 0.3 is 0 Å². The van der Waals surface area contributed by atoms with E-state index >= 15 is 0 Å². The normalized spacial score (nSPS) is 40.6. The highest BCUT2D eigenvalue weighted by Crippen LogP contribution is 2.62. The third-order valence-electron chi connectivity index (χ3n) is 5.82. The van der Waals surface area contributed by atoms with Crippen molar-refractivity contribution in [3.63, 3.8) is 0 Å². The molecule has 1 aliphatic heterocycles. The Labute approximate surface area is 90.8 Å². The molecule has 0 aliphatic carbocycles. The van der Waals surface area contributed by atoms with Crippen molar-refractivity contribution in [1.82, 2.24) is 0 Å². The molecule has 0 aromatic rings. The van der Waals surface area contributed by atoms with Crippen LogP contribution < -0.4 is 0 Å². The summed E-state index contributed by atoms with van der Waals surface area (Å²) in [5.41, 5.74) is 2.78. The van der Waals surface area contributed by atoms with Crippen LogP contribution in [0.2, 0.25) is 17.6 Å². The summed E-state index contributed by atoms with van der Waals surface area (Å²) in [5, 5.41) is 0.472. The number of hydrogen-bond donors (Lipinski definition) is 0. The first-order valence-electron chi connectivity index (χ1n) is 5.82. The maximum absolute atomic E-state index is 4.10. The monoisotopic (exact) mass is 210 g/mol. The molecule has 82 valence electrons. The van der Waals surface area contributed by atoms with E-state index in [1.165, 1.54) is 12.5 Å². The van der Waals surface area contributed by atoms with Crippen molar-refractivity contribution >= 4 is 8.07 Å². The van der Waals surface area contributed by atoms with Gasteiger partial charge in [-0.3, -0.25) is 0 Å². The first-order valence-corrected chi connectivity index (χ1v) is 8.61. The summed E-state index contributed by atoms with van der Waals surface area (Å²) in [4.78, 5) is 0. The molecule has 0 aromatic carbocycles. The Morgan fingerprint density at radius 2 is 1.79 bits per heavy atom. The third kappa shape index (κ3) is 1.32. The van der Waals surface area contributed by atoms with Gasteiger partial charge in [-0.15, -0.1) is 12.3 Å². The molecule has 1 aliphatic rings. The number of hydrogen-bond acceptors (Lipinski definition) is 0. The predicted octanol–water partition coefficient (Wildman–Crippen LogP) is 4.64. The molecule has 0 radical (unpaired) electrons. The molecule has 2 atom stereocenters. The molecule has 1 saturated heterocycles. The van der Waals surface area contributed by atoms with Crippen LogP contribution in [0.15, 0.2) is 12.3 Å². The Balaban J connectivity index is 3.16. The molecule has 1 heterocycles. The molecule has 1 heteroatoms. The van der Waals surface area contributed by atoms with Crippen LogP contribution >= 0.6 is 0 Å². The standard InChI is InChI=1S/C13H26Si/c1-8-14(7)10-9-11(2)12(3,4)13(14,5)6/h8,11H,1,9-10H2,2-7H3. The summed E-state index contributed by atoms with van der Waals surface area (Å²) in [6.07, 6.45) is 1.39. The Bertz CT molecular complexity index is 240. The van der Waals surface area contributed by atoms with Gasteiger partial charge in [-0.2, -0.15) is 0 Å². The van der Waals surface area contributed by atoms with Gasteiger partial charge in [0, 0.05) is 0 Å². The van der Waals surface area contributed by atoms with Crippen molar-refractivity contribution in [3.05, 3.63) is 12.3 Å². The summed E-state index contributed by atoms with van der Waals surface area (Å²) in [6.45, 7) is 18.9. The molecule has 0 bridgehead atoms. The quantitative estimate of drug-likeness (QED) is 0.553. The summed E-state index contributed by atoms with van der Waals surface area (Å²) in [6, 6.07) is 1.42. The lowest BCUT2D eigenvalue weighted by atomic mass is 9.69. The van der Waals surface area contributed by atoms with Crippen molar-refractivity contribution in [2.75, 3.05) is 0 Å². The van der Waals surface area contributed by atoms with Gasteiger partial charge in [0.2, 0.25) is 0 Å². The van der Waals surface area contributed by atoms with Crippen LogP contribution in [0, 0.1) is 11.3 Å². The lowest BCUT2D eigenvalue weighted by molar-refractivity contribution is 0.137. The molecule has 14 heavy (non-hydrogen) atoms. The fraction of sp³-hybridized carbons (Fsp3) is 0.846. The highest BCUT2D eigenvalue weighted by atomic mass is 28.3. The number of rotatable bonds is 1. The van der Waals surface area contributed by atoms with Crippen LogP contribution in [-0.4, -0.2) is 8.07 Å². The average molecular weight is 210 g/mol. The van der Waals surface area contributed by atoms with Gasteiger partial charge in [-0.1, -0.05) is 53.6 Å². The first-order chi connectivity index (χ1) is 6.19. The van der Waals surface area contributed by atoms with Crippen molar-refractivity contribution in [3.8, 4) is 0 Å². The Kier molecular flexibility index (Phi) is 2.77. The van der Waals surface area contributed by atoms with Crippen molar-refractivity contribution in [2.24, 2.45) is 11.3 Å². The van der Waals surface area contributed by atoms with E-state index in [9.17, 15) is 0 Å². The van der Waals surface area contributed by atoms with Crippen molar-refractivity contribution < 1.29 is 0 Å². The maximum atomic E-state index is 4.10. The molecule has 1 rings (SSSR count). The van der Waals surface area contributed by atoms with Gasteiger partial charge < -0.3 is 0 Å². The summed E-state index contributed by atoms with van der Waals surface area (Å²) < 4.78 is 0. The first kappa shape index (κ1) is 12.0. The SMILES string of the molecule is C=C[Si]1(C)CCC(C)C(C)(C)C1(C)C. The fourth-order valence-electron chi connectivity index (χ4n) is 2.90. The van der Waals surface area contributed by atoms with E-state index in [1.54, 1.807) is 0 Å². The summed E-state index contributed by atoms with van der Waals surface area (Å²) >= 11 is 0. The summed E-state index contributed by atoms with van der Waals surface area (Å²) in [7, 11) is -1.25. The molecule has 0 N–H and O–H groups in total. The van der Waals surface area contributed by atoms with Gasteiger partial charge in [0.15, 0.2) is 0 Å². The van der Waals surface area contributed by atoms with E-state index in [-0.39, 0.29) is 0 Å². The van der Waals surface area contributed by atoms with Crippen LogP contribution in [0.3, 0.4) is 0 Å². The molecular formula is C13H26Si. The topological polar surface area (TPSA) is 0 Å². The minimum Gasteiger partial charge on any atom is -0.107 e. The van der Waals surface area contributed by atoms with E-state index in [0.29, 0.717) is 10.5 Å². The lowest BCUT2D eigenvalue weighted by Gasteiger charge is -2.58. The zero-order valence-corrected chi connectivity index (χ0v) is 11.8. The van der Waals surface area contributed by atoms with Gasteiger partial charge in [-0.05, 0) is 16.4 Å². The Morgan fingerprint density at radius 1 is 1.29 bits per heavy atom. The predicted molar refractivity (Wildman–Crippen MR) is 68.2 cm³/mol. The van der Waals surface area contributed by atoms with E-state index in [4.69, 9.17) is 0 Å². The smallest absolute Gasteiger partial charge is 0.0801 e. The molecular weight excluding hydrogens is 184 g/mol. The molecule has 2 unspecified atom stereocenters. The van der Waals surface area contributed by atoms with E-state index in [1.807, 2.05) is 0 Å². The largest absolute Gasteiger partial charge is 0.107 e. The van der Waals surface area contributed by atoms with Gasteiger partial charge in [0.25, 0.3) is 0 Å². The highest BCUT2D eigenvalue weighted by molar-refractivity contribution is 6.86. The van der Waals surface area contributed by atoms with Crippen LogP contribution in [0.1, 0.15) is 41.0 Å². The zero-order valence-electron chi connectivity index (χ0n) is 10.8. The van der Waals surface area contributed by atoms with Crippen molar-refractivity contribution in [2.45, 2.75) is 58.7 Å². The Hall–Kier alpha value is -0.0431. The second-order valence-electron chi connectivity index (χ2n) is 6.41. The van der Waals surface area contributed by atoms with E-state index < -0.39 is 8.07 Å². The van der Waals surface area contributed by atoms with Gasteiger partial charge in [-0.25, -0.2) is 0 Å². The second-order valence-corrected chi connectivity index (χ2v) is 11.4. The minimum atomic E-state index is -1.25. The van der Waals surface area contributed by atoms with E-state index in [2.05, 4.69) is 53.4 Å². The second kappa shape index (κ2) is 3.23. The van der Waals surface area contributed by atoms with Crippen molar-refractivity contribution in [1.29, 1.82) is 0 Å². The van der Waals surface area contributed by atoms with Crippen LogP contribution in [0.4, 0.5) is 0 Å². The molecule has 1 fully saturated rings. The third-order valence-corrected chi connectivity index (χ3v) is 11.5. The Morgan fingerprint density at radius 3 is 2.21 bits per heavy atom. The maximum Gasteiger partial charge on any atom is 0.0801 e. The summed E-state index contributed by atoms with van der Waals surface area (Å²) in [5.74, 6) is 0.845. The van der Waals surface area contributed by atoms with Crippen LogP contribution in [-0.2, 0) is 0 Å². The zero-order chi connectivity index (χ0) is 11.2. The minimum absolute atomic E-state index is 0.459. The average Bonchev–Trinajstić information content (AvgIpc) is 2.10. The van der Waals surface area contributed by atoms with Crippen LogP contribution in [0.5, 0.6) is 0 Å². The van der Waals surface area contributed by atoms with Gasteiger partial charge in [0.1, 0.15) is 0 Å². The molecule has 0 amide bonds. The molecule has 0 spiro atoms. The molecule has 0 saturated carbocycles. The highest BCUT2D eigenvalue weighted by Gasteiger charge is 2.55. The molecule has 0 nitrogen and oxygen atoms in total. The van der Waals surface area contributed by atoms with Crippen LogP contribution in [0.25, 0.3) is 0 Å². The fourth-order valence-corrected chi connectivity index (χ4v) is 6.99. The van der Waals surface area contributed by atoms with E-state index in [0.717, 1.165) is 5.92 Å². The lowest BCUT2D eigenvalue weighted by Crippen LogP contribution is -2.54. The molecule has 0 aromatic heterocycles. The van der Waals surface area contributed by atoms with Gasteiger partial charge in [0.05, 0.1) is 8.07 Å².